The lowest BCUT2D eigenvalue weighted by atomic mass is 10.1. The highest BCUT2D eigenvalue weighted by Crippen LogP contribution is 2.30. The van der Waals surface area contributed by atoms with Gasteiger partial charge in [0.25, 0.3) is 0 Å². The van der Waals surface area contributed by atoms with E-state index >= 15 is 0 Å². The van der Waals surface area contributed by atoms with Gasteiger partial charge in [0.05, 0.1) is 16.3 Å². The van der Waals surface area contributed by atoms with Crippen LogP contribution < -0.4 is 5.73 Å². The molecule has 0 amide bonds. The molecule has 0 spiro atoms. The predicted molar refractivity (Wildman–Crippen MR) is 72.3 cm³/mol. The number of nitrogens with zero attached hydrogens (tertiary/aromatic N) is 1. The predicted octanol–water partition coefficient (Wildman–Crippen LogP) is 3.89. The van der Waals surface area contributed by atoms with Gasteiger partial charge in [-0.15, -0.1) is 11.3 Å². The van der Waals surface area contributed by atoms with E-state index in [-0.39, 0.29) is 10.7 Å². The van der Waals surface area contributed by atoms with Gasteiger partial charge in [0, 0.05) is 10.4 Å². The Bertz CT molecular complexity index is 642. The summed E-state index contributed by atoms with van der Waals surface area (Å²) in [5, 5.41) is 10.9. The van der Waals surface area contributed by atoms with Crippen molar-refractivity contribution in [1.29, 1.82) is 5.26 Å². The number of halogens is 2. The SMILES string of the molecule is N#C/C(=C(/N)c1cccc(F)c1Cl)c1cccs1. The van der Waals surface area contributed by atoms with Crippen molar-refractivity contribution in [2.24, 2.45) is 5.73 Å². The van der Waals surface area contributed by atoms with Crippen LogP contribution in [0.5, 0.6) is 0 Å². The number of thiophene rings is 1. The number of nitriles is 1. The topological polar surface area (TPSA) is 49.8 Å². The molecule has 0 aliphatic rings. The van der Waals surface area contributed by atoms with E-state index in [1.807, 2.05) is 17.5 Å². The lowest BCUT2D eigenvalue weighted by Crippen LogP contribution is -2.01. The quantitative estimate of drug-likeness (QED) is 0.847. The Morgan fingerprint density at radius 1 is 1.33 bits per heavy atom. The molecule has 0 aliphatic heterocycles. The van der Waals surface area contributed by atoms with E-state index in [1.165, 1.54) is 23.5 Å². The minimum atomic E-state index is -0.555. The Hall–Kier alpha value is -1.83. The lowest BCUT2D eigenvalue weighted by molar-refractivity contribution is 0.628. The number of nitrogens with two attached hydrogens (primary N) is 1. The van der Waals surface area contributed by atoms with Gasteiger partial charge in [-0.05, 0) is 17.5 Å². The summed E-state index contributed by atoms with van der Waals surface area (Å²) in [7, 11) is 0. The maximum Gasteiger partial charge on any atom is 0.142 e. The summed E-state index contributed by atoms with van der Waals surface area (Å²) in [6, 6.07) is 9.97. The molecular formula is C13H8ClFN2S. The Morgan fingerprint density at radius 3 is 2.72 bits per heavy atom. The molecule has 2 nitrogen and oxygen atoms in total. The minimum absolute atomic E-state index is 0.0701. The van der Waals surface area contributed by atoms with Crippen LogP contribution in [0.1, 0.15) is 10.4 Å². The lowest BCUT2D eigenvalue weighted by Gasteiger charge is -2.07. The summed E-state index contributed by atoms with van der Waals surface area (Å²) < 4.78 is 13.4. The van der Waals surface area contributed by atoms with E-state index < -0.39 is 5.82 Å². The van der Waals surface area contributed by atoms with Gasteiger partial charge < -0.3 is 5.73 Å². The standard InChI is InChI=1S/C13H8ClFN2S/c14-12-8(3-1-4-10(12)15)13(17)9(7-16)11-5-2-6-18-11/h1-6H,17H2/b13-9-. The van der Waals surface area contributed by atoms with E-state index in [0.717, 1.165) is 4.88 Å². The van der Waals surface area contributed by atoms with Crippen molar-refractivity contribution in [2.75, 3.05) is 0 Å². The zero-order valence-electron chi connectivity index (χ0n) is 9.15. The van der Waals surface area contributed by atoms with E-state index in [4.69, 9.17) is 17.3 Å². The van der Waals surface area contributed by atoms with Gasteiger partial charge in [0.1, 0.15) is 11.9 Å². The van der Waals surface area contributed by atoms with Crippen molar-refractivity contribution in [2.45, 2.75) is 0 Å². The Balaban J connectivity index is 2.62. The third kappa shape index (κ3) is 2.23. The molecule has 90 valence electrons. The van der Waals surface area contributed by atoms with Gasteiger partial charge in [-0.1, -0.05) is 29.8 Å². The highest BCUT2D eigenvalue weighted by Gasteiger charge is 2.14. The van der Waals surface area contributed by atoms with E-state index in [2.05, 4.69) is 0 Å². The normalized spacial score (nSPS) is 11.8. The van der Waals surface area contributed by atoms with Crippen molar-refractivity contribution in [3.8, 4) is 6.07 Å². The third-order valence-corrected chi connectivity index (χ3v) is 3.66. The first-order chi connectivity index (χ1) is 8.65. The Morgan fingerprint density at radius 2 is 2.11 bits per heavy atom. The molecule has 18 heavy (non-hydrogen) atoms. The molecule has 1 aromatic carbocycles. The molecule has 1 heterocycles. The van der Waals surface area contributed by atoms with Gasteiger partial charge in [-0.25, -0.2) is 4.39 Å². The molecule has 2 aromatic rings. The summed E-state index contributed by atoms with van der Waals surface area (Å²) in [5.74, 6) is -0.555. The smallest absolute Gasteiger partial charge is 0.142 e. The van der Waals surface area contributed by atoms with Crippen molar-refractivity contribution in [3.05, 3.63) is 57.0 Å². The first-order valence-corrected chi connectivity index (χ1v) is 6.29. The third-order valence-electron chi connectivity index (χ3n) is 2.39. The molecule has 1 aromatic heterocycles. The monoisotopic (exact) mass is 278 g/mol. The highest BCUT2D eigenvalue weighted by atomic mass is 35.5. The average Bonchev–Trinajstić information content (AvgIpc) is 2.87. The number of hydrogen-bond acceptors (Lipinski definition) is 3. The summed E-state index contributed by atoms with van der Waals surface area (Å²) in [5.41, 5.74) is 6.75. The van der Waals surface area contributed by atoms with Crippen molar-refractivity contribution in [1.82, 2.24) is 0 Å². The second kappa shape index (κ2) is 5.21. The number of hydrogen-bond donors (Lipinski definition) is 1. The fourth-order valence-electron chi connectivity index (χ4n) is 1.52. The van der Waals surface area contributed by atoms with Crippen molar-refractivity contribution < 1.29 is 4.39 Å². The van der Waals surface area contributed by atoms with Crippen LogP contribution in [0.25, 0.3) is 11.3 Å². The van der Waals surface area contributed by atoms with Crippen LogP contribution in [0.3, 0.4) is 0 Å². The van der Waals surface area contributed by atoms with E-state index in [1.54, 1.807) is 12.1 Å². The van der Waals surface area contributed by atoms with Crippen LogP contribution in [0, 0.1) is 17.1 Å². The molecule has 2 N–H and O–H groups in total. The van der Waals surface area contributed by atoms with Crippen LogP contribution in [0.2, 0.25) is 5.02 Å². The van der Waals surface area contributed by atoms with Crippen molar-refractivity contribution >= 4 is 34.2 Å². The molecule has 0 bridgehead atoms. The molecule has 0 aliphatic carbocycles. The first-order valence-electron chi connectivity index (χ1n) is 5.03. The van der Waals surface area contributed by atoms with Gasteiger partial charge in [-0.2, -0.15) is 5.26 Å². The highest BCUT2D eigenvalue weighted by molar-refractivity contribution is 7.11. The molecular weight excluding hydrogens is 271 g/mol. The van der Waals surface area contributed by atoms with Crippen LogP contribution in [-0.4, -0.2) is 0 Å². The summed E-state index contributed by atoms with van der Waals surface area (Å²) in [6.45, 7) is 0. The zero-order valence-corrected chi connectivity index (χ0v) is 10.7. The van der Waals surface area contributed by atoms with Gasteiger partial charge in [-0.3, -0.25) is 0 Å². The van der Waals surface area contributed by atoms with Crippen LogP contribution in [0.4, 0.5) is 4.39 Å². The summed E-state index contributed by atoms with van der Waals surface area (Å²) >= 11 is 7.25. The second-order valence-corrected chi connectivity index (χ2v) is 4.80. The second-order valence-electron chi connectivity index (χ2n) is 3.48. The minimum Gasteiger partial charge on any atom is -0.397 e. The fourth-order valence-corrected chi connectivity index (χ4v) is 2.48. The molecule has 2 rings (SSSR count). The fraction of sp³-hybridized carbons (Fsp3) is 0. The maximum absolute atomic E-state index is 13.4. The van der Waals surface area contributed by atoms with Crippen LogP contribution >= 0.6 is 22.9 Å². The van der Waals surface area contributed by atoms with Gasteiger partial charge >= 0.3 is 0 Å². The first kappa shape index (κ1) is 12.6. The summed E-state index contributed by atoms with van der Waals surface area (Å²) in [4.78, 5) is 0.732. The van der Waals surface area contributed by atoms with Gasteiger partial charge in [0.2, 0.25) is 0 Å². The number of allylic oxidation sites excluding steroid dienone is 1. The van der Waals surface area contributed by atoms with Crippen LogP contribution in [-0.2, 0) is 0 Å². The van der Waals surface area contributed by atoms with Crippen molar-refractivity contribution in [3.63, 3.8) is 0 Å². The van der Waals surface area contributed by atoms with E-state index in [9.17, 15) is 9.65 Å². The van der Waals surface area contributed by atoms with E-state index in [0.29, 0.717) is 11.1 Å². The zero-order chi connectivity index (χ0) is 13.1. The number of benzene rings is 1. The molecule has 0 saturated heterocycles. The molecule has 0 fully saturated rings. The maximum atomic E-state index is 13.4. The van der Waals surface area contributed by atoms with Crippen LogP contribution in [0.15, 0.2) is 35.7 Å². The molecule has 0 saturated carbocycles. The molecule has 0 unspecified atom stereocenters. The summed E-state index contributed by atoms with van der Waals surface area (Å²) in [6.07, 6.45) is 0. The Kier molecular flexibility index (Phi) is 3.66. The Labute approximate surface area is 113 Å². The van der Waals surface area contributed by atoms with Gasteiger partial charge in [0.15, 0.2) is 0 Å². The molecule has 0 atom stereocenters. The number of rotatable bonds is 2. The molecule has 5 heteroatoms. The largest absolute Gasteiger partial charge is 0.397 e. The average molecular weight is 279 g/mol. The molecule has 0 radical (unpaired) electrons.